The van der Waals surface area contributed by atoms with Crippen molar-refractivity contribution in [3.05, 3.63) is 273 Å². The lowest BCUT2D eigenvalue weighted by molar-refractivity contribution is 1.25. The van der Waals surface area contributed by atoms with E-state index in [9.17, 15) is 0 Å². The predicted molar refractivity (Wildman–Crippen MR) is 293 cm³/mol. The zero-order valence-electron chi connectivity index (χ0n) is 38.0. The van der Waals surface area contributed by atoms with Gasteiger partial charge in [-0.15, -0.1) is 0 Å². The first-order valence-electron chi connectivity index (χ1n) is 23.9. The van der Waals surface area contributed by atoms with E-state index in [1.165, 1.54) is 106 Å². The predicted octanol–water partition coefficient (Wildman–Crippen LogP) is 15.8. The Morgan fingerprint density at radius 1 is 0.203 bits per heavy atom. The highest BCUT2D eigenvalue weighted by Gasteiger charge is 2.44. The quantitative estimate of drug-likeness (QED) is 0.140. The molecule has 2 nitrogen and oxygen atoms in total. The fourth-order valence-electron chi connectivity index (χ4n) is 11.1. The molecule has 0 aliphatic carbocycles. The van der Waals surface area contributed by atoms with Crippen LogP contribution in [0.4, 0.5) is 34.1 Å². The molecule has 322 valence electrons. The van der Waals surface area contributed by atoms with E-state index in [2.05, 4.69) is 283 Å². The van der Waals surface area contributed by atoms with Gasteiger partial charge < -0.3 is 9.80 Å². The molecule has 0 radical (unpaired) electrons. The fourth-order valence-corrected chi connectivity index (χ4v) is 11.1. The maximum absolute atomic E-state index is 2.55. The summed E-state index contributed by atoms with van der Waals surface area (Å²) in [4.78, 5) is 5.11. The van der Waals surface area contributed by atoms with Crippen LogP contribution in [0.3, 0.4) is 0 Å². The Balaban J connectivity index is 1.10. The van der Waals surface area contributed by atoms with Crippen LogP contribution >= 0.6 is 0 Å². The van der Waals surface area contributed by atoms with Gasteiger partial charge in [-0.2, -0.15) is 0 Å². The smallest absolute Gasteiger partial charge is 0.252 e. The molecule has 0 bridgehead atoms. The Morgan fingerprint density at radius 2 is 0.493 bits per heavy atom. The van der Waals surface area contributed by atoms with Gasteiger partial charge in [0.25, 0.3) is 6.71 Å². The van der Waals surface area contributed by atoms with Gasteiger partial charge in [-0.1, -0.05) is 237 Å². The van der Waals surface area contributed by atoms with Gasteiger partial charge in [-0.25, -0.2) is 0 Å². The van der Waals surface area contributed by atoms with Gasteiger partial charge >= 0.3 is 0 Å². The molecule has 11 aromatic carbocycles. The lowest BCUT2D eigenvalue weighted by Gasteiger charge is -2.45. The van der Waals surface area contributed by atoms with Gasteiger partial charge in [-0.3, -0.25) is 0 Å². The summed E-state index contributed by atoms with van der Waals surface area (Å²) in [6.07, 6.45) is 0. The van der Waals surface area contributed by atoms with E-state index in [4.69, 9.17) is 0 Å². The van der Waals surface area contributed by atoms with E-state index >= 15 is 0 Å². The van der Waals surface area contributed by atoms with Crippen molar-refractivity contribution in [2.75, 3.05) is 9.80 Å². The van der Waals surface area contributed by atoms with Gasteiger partial charge in [0, 0.05) is 33.9 Å². The van der Waals surface area contributed by atoms with Crippen LogP contribution < -0.4 is 26.2 Å². The SMILES string of the molecule is c1ccc(-c2ccccc2-c2ccc3c(c2)N(c2ccccc2-c2ccccc2)c2cccc4c2B3c2ccc(-c3ccccc3-c3ccccc3)cc2N4c2ccccc2-c2ccccc2)cc1. The molecule has 0 saturated carbocycles. The fraction of sp³-hybridized carbons (Fsp3) is 0. The number of rotatable bonds is 8. The summed E-state index contributed by atoms with van der Waals surface area (Å²) in [5, 5.41) is 0. The monoisotopic (exact) mass is 876 g/mol. The van der Waals surface area contributed by atoms with E-state index < -0.39 is 0 Å². The summed E-state index contributed by atoms with van der Waals surface area (Å²) in [5.74, 6) is 0. The van der Waals surface area contributed by atoms with Crippen LogP contribution in [0.15, 0.2) is 273 Å². The van der Waals surface area contributed by atoms with Crippen LogP contribution in [0.25, 0.3) is 66.8 Å². The molecule has 2 heterocycles. The average Bonchev–Trinajstić information content (AvgIpc) is 3.43. The number of anilines is 6. The summed E-state index contributed by atoms with van der Waals surface area (Å²) >= 11 is 0. The van der Waals surface area contributed by atoms with Crippen LogP contribution in [-0.2, 0) is 0 Å². The third kappa shape index (κ3) is 6.90. The Morgan fingerprint density at radius 3 is 0.870 bits per heavy atom. The summed E-state index contributed by atoms with van der Waals surface area (Å²) in [5.41, 5.74) is 25.1. The van der Waals surface area contributed by atoms with Crippen molar-refractivity contribution in [2.45, 2.75) is 0 Å². The van der Waals surface area contributed by atoms with Crippen molar-refractivity contribution in [3.8, 4) is 66.8 Å². The van der Waals surface area contributed by atoms with E-state index in [1.807, 2.05) is 0 Å². The maximum atomic E-state index is 2.55. The number of hydrogen-bond donors (Lipinski definition) is 0. The van der Waals surface area contributed by atoms with Crippen molar-refractivity contribution < 1.29 is 0 Å². The van der Waals surface area contributed by atoms with E-state index in [0.717, 1.165) is 11.4 Å². The minimum absolute atomic E-state index is 0.0571. The molecule has 2 aliphatic heterocycles. The molecule has 11 aromatic rings. The molecule has 3 heteroatoms. The summed E-state index contributed by atoms with van der Waals surface area (Å²) in [6.45, 7) is -0.0571. The molecular weight excluding hydrogens is 832 g/mol. The Hall–Kier alpha value is -8.92. The highest BCUT2D eigenvalue weighted by Crippen LogP contribution is 2.49. The van der Waals surface area contributed by atoms with Crippen molar-refractivity contribution in [3.63, 3.8) is 0 Å². The molecule has 0 aromatic heterocycles. The molecule has 0 saturated heterocycles. The Labute approximate surface area is 404 Å². The second-order valence-corrected chi connectivity index (χ2v) is 18.0. The Bertz CT molecular complexity index is 3440. The third-order valence-corrected chi connectivity index (χ3v) is 14.1. The largest absolute Gasteiger partial charge is 0.311 e. The molecule has 0 fully saturated rings. The van der Waals surface area contributed by atoms with Gasteiger partial charge in [0.2, 0.25) is 0 Å². The van der Waals surface area contributed by atoms with Crippen LogP contribution in [0.1, 0.15) is 0 Å². The lowest BCUT2D eigenvalue weighted by Crippen LogP contribution is -2.61. The van der Waals surface area contributed by atoms with E-state index in [0.29, 0.717) is 0 Å². The molecule has 0 N–H and O–H groups in total. The molecule has 0 atom stereocenters. The summed E-state index contributed by atoms with van der Waals surface area (Å²) < 4.78 is 0. The number of hydrogen-bond acceptors (Lipinski definition) is 2. The van der Waals surface area contributed by atoms with Crippen LogP contribution in [0, 0.1) is 0 Å². The van der Waals surface area contributed by atoms with Crippen molar-refractivity contribution in [1.82, 2.24) is 0 Å². The zero-order chi connectivity index (χ0) is 45.7. The number of benzene rings is 11. The normalized spacial score (nSPS) is 12.3. The third-order valence-electron chi connectivity index (χ3n) is 14.1. The van der Waals surface area contributed by atoms with Gasteiger partial charge in [0.1, 0.15) is 0 Å². The summed E-state index contributed by atoms with van der Waals surface area (Å²) in [6, 6.07) is 100. The van der Waals surface area contributed by atoms with E-state index in [1.54, 1.807) is 0 Å². The standard InChI is InChI=1S/C66H45BN2/c1-5-22-46(23-6-1)52-30-13-15-32-54(52)50-40-42-58-64(44-50)68(60-36-19-17-34-56(60)48-26-9-3-10-27-48)62-38-21-39-63-66(62)67(58)59-43-41-51(55-33-16-14-31-53(55)47-24-7-2-8-25-47)45-65(59)69(63)61-37-20-18-35-57(61)49-28-11-4-12-29-49/h1-45H. The molecule has 0 spiro atoms. The van der Waals surface area contributed by atoms with Crippen molar-refractivity contribution in [1.29, 1.82) is 0 Å². The lowest BCUT2D eigenvalue weighted by atomic mass is 9.33. The van der Waals surface area contributed by atoms with Gasteiger partial charge in [0.05, 0.1) is 11.4 Å². The molecule has 69 heavy (non-hydrogen) atoms. The molecule has 0 unspecified atom stereocenters. The highest BCUT2D eigenvalue weighted by atomic mass is 15.2. The van der Waals surface area contributed by atoms with Crippen LogP contribution in [-0.4, -0.2) is 6.71 Å². The molecule has 2 aliphatic rings. The van der Waals surface area contributed by atoms with Gasteiger partial charge in [-0.05, 0) is 108 Å². The average molecular weight is 877 g/mol. The molecule has 0 amide bonds. The first-order valence-corrected chi connectivity index (χ1v) is 23.9. The number of nitrogens with zero attached hydrogens (tertiary/aromatic N) is 2. The molecular formula is C66H45BN2. The summed E-state index contributed by atoms with van der Waals surface area (Å²) in [7, 11) is 0. The minimum Gasteiger partial charge on any atom is -0.311 e. The van der Waals surface area contributed by atoms with Crippen LogP contribution in [0.2, 0.25) is 0 Å². The second-order valence-electron chi connectivity index (χ2n) is 18.0. The zero-order valence-corrected chi connectivity index (χ0v) is 38.0. The van der Waals surface area contributed by atoms with Crippen molar-refractivity contribution in [2.24, 2.45) is 0 Å². The maximum Gasteiger partial charge on any atom is 0.252 e. The second kappa shape index (κ2) is 17.1. The first kappa shape index (κ1) is 40.4. The van der Waals surface area contributed by atoms with Crippen molar-refractivity contribution >= 4 is 57.2 Å². The Kier molecular flexibility index (Phi) is 9.98. The van der Waals surface area contributed by atoms with Gasteiger partial charge in [0.15, 0.2) is 0 Å². The number of para-hydroxylation sites is 2. The molecule has 13 rings (SSSR count). The van der Waals surface area contributed by atoms with E-state index in [-0.39, 0.29) is 6.71 Å². The topological polar surface area (TPSA) is 6.48 Å². The number of fused-ring (bicyclic) bond motifs is 4. The van der Waals surface area contributed by atoms with Crippen LogP contribution in [0.5, 0.6) is 0 Å². The highest BCUT2D eigenvalue weighted by molar-refractivity contribution is 7.00. The minimum atomic E-state index is -0.0571. The first-order chi connectivity index (χ1) is 34.3.